The molecule has 0 heterocycles. The van der Waals surface area contributed by atoms with Crippen LogP contribution in [-0.2, 0) is 35.8 Å². The fourth-order valence-corrected chi connectivity index (χ4v) is 5.49. The first kappa shape index (κ1) is 26.6. The molecule has 7 nitrogen and oxygen atoms in total. The Bertz CT molecular complexity index is 913. The summed E-state index contributed by atoms with van der Waals surface area (Å²) in [5.74, 6) is -4.79. The lowest BCUT2D eigenvalue weighted by atomic mass is 9.82. The molecule has 13 heteroatoms. The zero-order chi connectivity index (χ0) is 23.4. The molecule has 1 aromatic rings. The van der Waals surface area contributed by atoms with Gasteiger partial charge in [0.1, 0.15) is 12.4 Å². The average molecular weight is 690 g/mol. The molecule has 0 aliphatic heterocycles. The number of hydrogen-bond donors (Lipinski definition) is 1. The summed E-state index contributed by atoms with van der Waals surface area (Å²) in [4.78, 5) is 24.4. The number of halogens is 5. The Morgan fingerprint density at radius 2 is 1.65 bits per heavy atom. The Kier molecular flexibility index (Phi) is 9.39. The number of hydrogen-bond acceptors (Lipinski definition) is 6. The first-order valence-corrected chi connectivity index (χ1v) is 12.9. The van der Waals surface area contributed by atoms with E-state index in [9.17, 15) is 31.2 Å². The summed E-state index contributed by atoms with van der Waals surface area (Å²) in [6, 6.07) is 5.68. The second kappa shape index (κ2) is 11.0. The van der Waals surface area contributed by atoms with Gasteiger partial charge in [0, 0.05) is 12.7 Å². The van der Waals surface area contributed by atoms with E-state index in [2.05, 4.69) is 49.9 Å². The third-order valence-electron chi connectivity index (χ3n) is 4.76. The highest BCUT2D eigenvalue weighted by Gasteiger charge is 2.46. The molecule has 0 bridgehead atoms. The molecule has 1 aliphatic rings. The van der Waals surface area contributed by atoms with Gasteiger partial charge in [0.15, 0.2) is 0 Å². The van der Waals surface area contributed by atoms with Gasteiger partial charge >= 0.3 is 18.1 Å². The lowest BCUT2D eigenvalue weighted by Crippen LogP contribution is -2.41. The minimum atomic E-state index is -5.14. The van der Waals surface area contributed by atoms with Gasteiger partial charge in [-0.15, -0.1) is 0 Å². The Labute approximate surface area is 204 Å². The number of carbonyl (C=O) groups excluding carboxylic acids is 2. The van der Waals surface area contributed by atoms with Gasteiger partial charge in [-0.3, -0.25) is 14.1 Å². The normalized spacial score (nSPS) is 20.7. The van der Waals surface area contributed by atoms with E-state index in [0.717, 1.165) is 12.7 Å². The van der Waals surface area contributed by atoms with Crippen molar-refractivity contribution < 1.29 is 45.2 Å². The number of carbonyl (C=O) groups is 2. The van der Waals surface area contributed by atoms with Crippen molar-refractivity contribution in [1.29, 1.82) is 0 Å². The first-order chi connectivity index (χ1) is 14.3. The fraction of sp³-hybridized carbons (Fsp3) is 0.556. The Hall–Kier alpha value is -0.680. The van der Waals surface area contributed by atoms with Crippen LogP contribution in [0.4, 0.5) is 13.2 Å². The van der Waals surface area contributed by atoms with Crippen molar-refractivity contribution in [1.82, 2.24) is 0 Å². The van der Waals surface area contributed by atoms with E-state index in [1.807, 2.05) is 18.2 Å². The van der Waals surface area contributed by atoms with E-state index in [1.165, 1.54) is 0 Å². The molecule has 1 unspecified atom stereocenters. The molecule has 1 fully saturated rings. The highest BCUT2D eigenvalue weighted by atomic mass is 127. The van der Waals surface area contributed by atoms with Crippen LogP contribution in [0.1, 0.15) is 31.2 Å². The summed E-state index contributed by atoms with van der Waals surface area (Å²) in [6.45, 7) is 0.0961. The van der Waals surface area contributed by atoms with Crippen LogP contribution in [0.5, 0.6) is 0 Å². The topological polar surface area (TPSA) is 107 Å². The van der Waals surface area contributed by atoms with Crippen molar-refractivity contribution in [2.75, 3.05) is 5.75 Å². The third kappa shape index (κ3) is 8.64. The predicted octanol–water partition coefficient (Wildman–Crippen LogP) is 4.11. The molecule has 1 atom stereocenters. The molecule has 0 saturated heterocycles. The maximum absolute atomic E-state index is 12.9. The lowest BCUT2D eigenvalue weighted by molar-refractivity contribution is -0.218. The van der Waals surface area contributed by atoms with Crippen LogP contribution in [0.2, 0.25) is 0 Å². The number of ether oxygens (including phenoxy) is 2. The predicted molar refractivity (Wildman–Crippen MR) is 119 cm³/mol. The molecule has 0 aromatic heterocycles. The molecule has 0 spiro atoms. The molecular formula is C18H19F3I2O7S. The number of benzene rings is 1. The quantitative estimate of drug-likeness (QED) is 0.261. The van der Waals surface area contributed by atoms with Crippen molar-refractivity contribution in [3.8, 4) is 0 Å². The average Bonchev–Trinajstić information content (AvgIpc) is 2.65. The van der Waals surface area contributed by atoms with Crippen LogP contribution in [0, 0.1) is 19.0 Å². The molecule has 0 amide bonds. The summed E-state index contributed by atoms with van der Waals surface area (Å²) in [7, 11) is -5.00. The molecule has 1 saturated carbocycles. The summed E-state index contributed by atoms with van der Waals surface area (Å²) >= 11 is 4.31. The SMILES string of the molecule is O=C(OCc1ccc(I)cc1I)C1CCC(C(=O)OC(CS(=O)(=O)O)C(F)(F)F)CC1. The van der Waals surface area contributed by atoms with Crippen LogP contribution in [0.15, 0.2) is 18.2 Å². The van der Waals surface area contributed by atoms with Crippen molar-refractivity contribution in [3.63, 3.8) is 0 Å². The zero-order valence-electron chi connectivity index (χ0n) is 15.9. The van der Waals surface area contributed by atoms with Crippen molar-refractivity contribution in [2.24, 2.45) is 11.8 Å². The number of alkyl halides is 3. The van der Waals surface area contributed by atoms with Gasteiger partial charge in [-0.2, -0.15) is 21.6 Å². The molecule has 0 radical (unpaired) electrons. The maximum Gasteiger partial charge on any atom is 0.426 e. The van der Waals surface area contributed by atoms with Crippen LogP contribution >= 0.6 is 45.2 Å². The lowest BCUT2D eigenvalue weighted by Gasteiger charge is -2.28. The fourth-order valence-electron chi connectivity index (χ4n) is 3.09. The zero-order valence-corrected chi connectivity index (χ0v) is 21.0. The van der Waals surface area contributed by atoms with E-state index in [4.69, 9.17) is 9.29 Å². The Balaban J connectivity index is 1.86. The van der Waals surface area contributed by atoms with Gasteiger partial charge in [0.05, 0.1) is 11.8 Å². The smallest absolute Gasteiger partial charge is 0.426 e. The minimum absolute atomic E-state index is 0.0961. The molecule has 31 heavy (non-hydrogen) atoms. The van der Waals surface area contributed by atoms with Gasteiger partial charge < -0.3 is 9.47 Å². The van der Waals surface area contributed by atoms with E-state index in [-0.39, 0.29) is 32.3 Å². The van der Waals surface area contributed by atoms with Crippen LogP contribution in [0.25, 0.3) is 0 Å². The Morgan fingerprint density at radius 1 is 1.10 bits per heavy atom. The molecule has 2 rings (SSSR count). The van der Waals surface area contributed by atoms with E-state index in [1.54, 1.807) is 0 Å². The second-order valence-corrected chi connectivity index (χ2v) is 11.0. The summed E-state index contributed by atoms with van der Waals surface area (Å²) in [5.41, 5.74) is 0.851. The molecule has 1 aromatic carbocycles. The van der Waals surface area contributed by atoms with Crippen molar-refractivity contribution in [3.05, 3.63) is 30.9 Å². The summed E-state index contributed by atoms with van der Waals surface area (Å²) in [6.07, 6.45) is -7.41. The molecule has 1 N–H and O–H groups in total. The van der Waals surface area contributed by atoms with Crippen molar-refractivity contribution >= 4 is 67.2 Å². The van der Waals surface area contributed by atoms with Crippen molar-refractivity contribution in [2.45, 2.75) is 44.6 Å². The van der Waals surface area contributed by atoms with E-state index >= 15 is 0 Å². The van der Waals surface area contributed by atoms with Crippen LogP contribution in [0.3, 0.4) is 0 Å². The van der Waals surface area contributed by atoms with Gasteiger partial charge in [-0.05, 0) is 83.0 Å². The molecule has 1 aliphatic carbocycles. The van der Waals surface area contributed by atoms with Gasteiger partial charge in [-0.25, -0.2) is 0 Å². The summed E-state index contributed by atoms with van der Waals surface area (Å²) in [5, 5.41) is 0. The summed E-state index contributed by atoms with van der Waals surface area (Å²) < 4.78 is 80.6. The second-order valence-electron chi connectivity index (χ2n) is 7.11. The monoisotopic (exact) mass is 690 g/mol. The third-order valence-corrected chi connectivity index (χ3v) is 7.16. The standard InChI is InChI=1S/C18H19F3I2O7S/c19-18(20,21)15(9-31(26,27)28)30-17(25)11-3-1-10(2-4-11)16(24)29-8-12-5-6-13(22)7-14(12)23/h5-7,10-11,15H,1-4,8-9H2,(H,26,27,28). The van der Waals surface area contributed by atoms with Gasteiger partial charge in [0.2, 0.25) is 6.10 Å². The van der Waals surface area contributed by atoms with Crippen LogP contribution in [-0.4, -0.2) is 42.9 Å². The molecule has 174 valence electrons. The van der Waals surface area contributed by atoms with Crippen LogP contribution < -0.4 is 0 Å². The molecular weight excluding hydrogens is 671 g/mol. The Morgan fingerprint density at radius 3 is 2.13 bits per heavy atom. The number of esters is 2. The highest BCUT2D eigenvalue weighted by molar-refractivity contribution is 14.1. The highest BCUT2D eigenvalue weighted by Crippen LogP contribution is 2.33. The number of rotatable bonds is 7. The van der Waals surface area contributed by atoms with Gasteiger partial charge in [0.25, 0.3) is 10.1 Å². The first-order valence-electron chi connectivity index (χ1n) is 9.09. The van der Waals surface area contributed by atoms with Gasteiger partial charge in [-0.1, -0.05) is 6.07 Å². The van der Waals surface area contributed by atoms with E-state index in [0.29, 0.717) is 0 Å². The van der Waals surface area contributed by atoms with E-state index < -0.39 is 51.9 Å². The largest absolute Gasteiger partial charge is 0.461 e. The maximum atomic E-state index is 12.9. The minimum Gasteiger partial charge on any atom is -0.461 e.